The number of hydrogen-bond donors (Lipinski definition) is 0. The fraction of sp³-hybridized carbons (Fsp3) is 0.182. The summed E-state index contributed by atoms with van der Waals surface area (Å²) in [5, 5.41) is 0. The molecule has 0 fully saturated rings. The molecular formula is C11H11NO2. The highest BCUT2D eigenvalue weighted by atomic mass is 16.5. The second kappa shape index (κ2) is 3.96. The molecule has 72 valence electrons. The van der Waals surface area contributed by atoms with E-state index in [-0.39, 0.29) is 0 Å². The zero-order valence-corrected chi connectivity index (χ0v) is 7.93. The Kier molecular flexibility index (Phi) is 2.49. The molecule has 2 aromatic rings. The van der Waals surface area contributed by atoms with Crippen molar-refractivity contribution in [2.45, 2.75) is 6.42 Å². The van der Waals surface area contributed by atoms with Gasteiger partial charge in [-0.25, -0.2) is 4.98 Å². The number of aromatic nitrogens is 1. The van der Waals surface area contributed by atoms with Crippen molar-refractivity contribution in [3.8, 4) is 5.75 Å². The summed E-state index contributed by atoms with van der Waals surface area (Å²) >= 11 is 0. The van der Waals surface area contributed by atoms with Gasteiger partial charge in [0.05, 0.1) is 12.8 Å². The lowest BCUT2D eigenvalue weighted by atomic mass is 10.1. The summed E-state index contributed by atoms with van der Waals surface area (Å²) in [6.45, 7) is 0. The maximum atomic E-state index is 5.13. The Balaban J connectivity index is 2.17. The summed E-state index contributed by atoms with van der Waals surface area (Å²) < 4.78 is 10.0. The Morgan fingerprint density at radius 2 is 2.36 bits per heavy atom. The van der Waals surface area contributed by atoms with E-state index in [4.69, 9.17) is 9.15 Å². The minimum atomic E-state index is 0.772. The molecule has 0 aliphatic carbocycles. The van der Waals surface area contributed by atoms with Crippen LogP contribution in [0.2, 0.25) is 0 Å². The zero-order chi connectivity index (χ0) is 9.80. The maximum Gasteiger partial charge on any atom is 0.180 e. The average molecular weight is 189 g/mol. The van der Waals surface area contributed by atoms with E-state index in [1.165, 1.54) is 12.0 Å². The molecule has 0 spiro atoms. The van der Waals surface area contributed by atoms with Gasteiger partial charge in [-0.05, 0) is 17.7 Å². The number of nitrogens with zero attached hydrogens (tertiary/aromatic N) is 1. The van der Waals surface area contributed by atoms with Gasteiger partial charge in [-0.1, -0.05) is 12.1 Å². The maximum absolute atomic E-state index is 5.13. The fourth-order valence-corrected chi connectivity index (χ4v) is 1.32. The number of methoxy groups -OCH3 is 1. The molecule has 0 N–H and O–H groups in total. The molecular weight excluding hydrogens is 178 g/mol. The van der Waals surface area contributed by atoms with Crippen molar-refractivity contribution in [3.63, 3.8) is 0 Å². The first-order valence-electron chi connectivity index (χ1n) is 4.38. The standard InChI is InChI=1S/C11H11NO2/c1-13-11-4-2-3-9(6-11)5-10-7-14-8-12-10/h2-4,6-8H,5H2,1H3. The van der Waals surface area contributed by atoms with Crippen LogP contribution in [-0.2, 0) is 6.42 Å². The first kappa shape index (κ1) is 8.81. The van der Waals surface area contributed by atoms with Crippen LogP contribution < -0.4 is 4.74 Å². The molecule has 0 amide bonds. The first-order chi connectivity index (χ1) is 6.88. The van der Waals surface area contributed by atoms with Gasteiger partial charge in [0.15, 0.2) is 6.39 Å². The number of oxazole rings is 1. The van der Waals surface area contributed by atoms with Crippen molar-refractivity contribution < 1.29 is 9.15 Å². The summed E-state index contributed by atoms with van der Waals surface area (Å²) in [5.74, 6) is 0.867. The molecule has 14 heavy (non-hydrogen) atoms. The number of benzene rings is 1. The molecule has 0 atom stereocenters. The highest BCUT2D eigenvalue weighted by Gasteiger charge is 1.99. The van der Waals surface area contributed by atoms with Gasteiger partial charge in [0.2, 0.25) is 0 Å². The first-order valence-corrected chi connectivity index (χ1v) is 4.38. The number of hydrogen-bond acceptors (Lipinski definition) is 3. The molecule has 3 heteroatoms. The monoisotopic (exact) mass is 189 g/mol. The van der Waals surface area contributed by atoms with Gasteiger partial charge in [0, 0.05) is 6.42 Å². The van der Waals surface area contributed by atoms with Crippen LogP contribution in [0, 0.1) is 0 Å². The molecule has 1 heterocycles. The van der Waals surface area contributed by atoms with Gasteiger partial charge in [0.25, 0.3) is 0 Å². The Labute approximate surface area is 82.3 Å². The van der Waals surface area contributed by atoms with Crippen molar-refractivity contribution in [2.24, 2.45) is 0 Å². The Morgan fingerprint density at radius 3 is 3.07 bits per heavy atom. The average Bonchev–Trinajstić information content (AvgIpc) is 2.71. The van der Waals surface area contributed by atoms with Crippen LogP contribution in [0.25, 0.3) is 0 Å². The summed E-state index contributed by atoms with van der Waals surface area (Å²) in [6.07, 6.45) is 3.86. The van der Waals surface area contributed by atoms with Crippen molar-refractivity contribution in [1.82, 2.24) is 4.98 Å². The van der Waals surface area contributed by atoms with Gasteiger partial charge in [-0.15, -0.1) is 0 Å². The summed E-state index contributed by atoms with van der Waals surface area (Å²) in [5.41, 5.74) is 2.09. The second-order valence-electron chi connectivity index (χ2n) is 3.01. The summed E-state index contributed by atoms with van der Waals surface area (Å²) in [7, 11) is 1.66. The third-order valence-corrected chi connectivity index (χ3v) is 2.00. The molecule has 1 aromatic carbocycles. The zero-order valence-electron chi connectivity index (χ0n) is 7.93. The predicted octanol–water partition coefficient (Wildman–Crippen LogP) is 2.27. The smallest absolute Gasteiger partial charge is 0.180 e. The number of ether oxygens (including phenoxy) is 1. The quantitative estimate of drug-likeness (QED) is 0.743. The topological polar surface area (TPSA) is 35.3 Å². The van der Waals surface area contributed by atoms with Crippen molar-refractivity contribution in [2.75, 3.05) is 7.11 Å². The summed E-state index contributed by atoms with van der Waals surface area (Å²) in [6, 6.07) is 7.92. The Morgan fingerprint density at radius 1 is 1.43 bits per heavy atom. The normalized spacial score (nSPS) is 10.1. The van der Waals surface area contributed by atoms with E-state index in [0.717, 1.165) is 17.9 Å². The molecule has 3 nitrogen and oxygen atoms in total. The van der Waals surface area contributed by atoms with Crippen LogP contribution >= 0.6 is 0 Å². The third-order valence-electron chi connectivity index (χ3n) is 2.00. The van der Waals surface area contributed by atoms with Gasteiger partial charge < -0.3 is 9.15 Å². The van der Waals surface area contributed by atoms with Crippen LogP contribution in [0.3, 0.4) is 0 Å². The van der Waals surface area contributed by atoms with E-state index < -0.39 is 0 Å². The molecule has 0 bridgehead atoms. The SMILES string of the molecule is COc1cccc(Cc2cocn2)c1. The molecule has 0 aliphatic rings. The fourth-order valence-electron chi connectivity index (χ4n) is 1.32. The van der Waals surface area contributed by atoms with E-state index in [2.05, 4.69) is 4.98 Å². The molecule has 0 saturated carbocycles. The lowest BCUT2D eigenvalue weighted by Gasteiger charge is -2.01. The molecule has 0 radical (unpaired) electrons. The Bertz CT molecular complexity index is 395. The van der Waals surface area contributed by atoms with Gasteiger partial charge in [-0.3, -0.25) is 0 Å². The molecule has 2 rings (SSSR count). The van der Waals surface area contributed by atoms with Crippen LogP contribution in [-0.4, -0.2) is 12.1 Å². The second-order valence-corrected chi connectivity index (χ2v) is 3.01. The highest BCUT2D eigenvalue weighted by molar-refractivity contribution is 5.30. The van der Waals surface area contributed by atoms with E-state index in [1.54, 1.807) is 13.4 Å². The molecule has 0 unspecified atom stereocenters. The molecule has 0 aliphatic heterocycles. The van der Waals surface area contributed by atoms with Crippen molar-refractivity contribution in [3.05, 3.63) is 48.2 Å². The third kappa shape index (κ3) is 1.93. The van der Waals surface area contributed by atoms with E-state index in [9.17, 15) is 0 Å². The van der Waals surface area contributed by atoms with Gasteiger partial charge in [0.1, 0.15) is 12.0 Å². The van der Waals surface area contributed by atoms with Crippen molar-refractivity contribution in [1.29, 1.82) is 0 Å². The number of rotatable bonds is 3. The van der Waals surface area contributed by atoms with Crippen LogP contribution in [0.15, 0.2) is 41.3 Å². The highest BCUT2D eigenvalue weighted by Crippen LogP contribution is 2.15. The predicted molar refractivity (Wildman–Crippen MR) is 52.3 cm³/mol. The van der Waals surface area contributed by atoms with Crippen LogP contribution in [0.5, 0.6) is 5.75 Å². The lowest BCUT2D eigenvalue weighted by Crippen LogP contribution is -1.89. The van der Waals surface area contributed by atoms with Gasteiger partial charge >= 0.3 is 0 Å². The van der Waals surface area contributed by atoms with Crippen LogP contribution in [0.1, 0.15) is 11.3 Å². The van der Waals surface area contributed by atoms with E-state index >= 15 is 0 Å². The van der Waals surface area contributed by atoms with Crippen LogP contribution in [0.4, 0.5) is 0 Å². The molecule has 1 aromatic heterocycles. The lowest BCUT2D eigenvalue weighted by molar-refractivity contribution is 0.414. The largest absolute Gasteiger partial charge is 0.497 e. The van der Waals surface area contributed by atoms with Gasteiger partial charge in [-0.2, -0.15) is 0 Å². The minimum absolute atomic E-state index is 0.772. The summed E-state index contributed by atoms with van der Waals surface area (Å²) in [4.78, 5) is 4.06. The Hall–Kier alpha value is -1.77. The minimum Gasteiger partial charge on any atom is -0.497 e. The molecule has 0 saturated heterocycles. The van der Waals surface area contributed by atoms with E-state index in [1.807, 2.05) is 24.3 Å². The van der Waals surface area contributed by atoms with Crippen molar-refractivity contribution >= 4 is 0 Å². The van der Waals surface area contributed by atoms with E-state index in [0.29, 0.717) is 0 Å².